The number of hydrogen-bond acceptors (Lipinski definition) is 12. The Morgan fingerprint density at radius 2 is 1.86 bits per heavy atom. The van der Waals surface area contributed by atoms with Crippen LogP contribution in [0.25, 0.3) is 28.6 Å². The van der Waals surface area contributed by atoms with E-state index in [9.17, 15) is 19.2 Å². The van der Waals surface area contributed by atoms with Gasteiger partial charge in [-0.05, 0) is 124 Å². The zero-order chi connectivity index (χ0) is 49.8. The number of piperidine rings is 2. The van der Waals surface area contributed by atoms with E-state index in [0.29, 0.717) is 42.3 Å². The second-order valence-corrected chi connectivity index (χ2v) is 19.8. The van der Waals surface area contributed by atoms with Gasteiger partial charge in [0.05, 0.1) is 15.7 Å². The number of aldehydes is 3. The molecular formula is C54H67ClN8O5S. The van der Waals surface area contributed by atoms with Gasteiger partial charge < -0.3 is 35.9 Å². The molecule has 366 valence electrons. The fourth-order valence-electron chi connectivity index (χ4n) is 9.51. The van der Waals surface area contributed by atoms with Crippen molar-refractivity contribution < 1.29 is 23.9 Å². The Morgan fingerprint density at radius 3 is 2.52 bits per heavy atom. The highest BCUT2D eigenvalue weighted by molar-refractivity contribution is 7.97. The quantitative estimate of drug-likeness (QED) is 0.0159. The van der Waals surface area contributed by atoms with Gasteiger partial charge in [-0.1, -0.05) is 72.6 Å². The van der Waals surface area contributed by atoms with Crippen LogP contribution in [0.2, 0.25) is 0 Å². The third kappa shape index (κ3) is 12.4. The molecule has 4 aromatic rings. The number of carbonyl (C=O) groups is 4. The maximum Gasteiger partial charge on any atom is 0.242 e. The standard InChI is InChI=1S/C54H67ClN8O5S/c1-9-10-17-48(52(67)57-7)61(8)47-19-18-43(44-16-12-14-40(33-66)49(44)47)38-20-23-62(24-21-38)53-59-45(46(31-56)60-53)28-35(2)34-69-63-25-22-42(30-54(63,5)6)58-41-15-11-13-39(29-41)37(4)50(55)51(36(3)32-65)68-27-26-64/h9,11-16,18-19,26,28-29,31-33,38,42,48,58H,1-2,10,17,20-25,27,30,34,56H2,3-8H3,(H,57,67)(H,59,60)/b45-28+,46-31?,50-37-,51-36-. The van der Waals surface area contributed by atoms with E-state index in [2.05, 4.69) is 70.0 Å². The molecule has 15 heteroatoms. The number of fused-ring (bicyclic) bond motifs is 1. The number of likely N-dealkylation sites (N-methyl/N-ethyl adjacent to an activating group) is 2. The van der Waals surface area contributed by atoms with Crippen LogP contribution in [0.5, 0.6) is 0 Å². The van der Waals surface area contributed by atoms with Crippen molar-refractivity contribution in [1.29, 1.82) is 0 Å². The Balaban J connectivity index is 1.08. The van der Waals surface area contributed by atoms with Crippen molar-refractivity contribution in [3.8, 4) is 0 Å². The zero-order valence-electron chi connectivity index (χ0n) is 40.8. The summed E-state index contributed by atoms with van der Waals surface area (Å²) in [5.74, 6) is 1.85. The molecule has 13 nitrogen and oxygen atoms in total. The number of aromatic nitrogens is 2. The lowest BCUT2D eigenvalue weighted by atomic mass is 9.85. The molecule has 1 aromatic heterocycles. The summed E-state index contributed by atoms with van der Waals surface area (Å²) in [4.78, 5) is 60.7. The molecule has 3 aromatic carbocycles. The minimum absolute atomic E-state index is 0.0785. The zero-order valence-corrected chi connectivity index (χ0v) is 42.4. The first-order chi connectivity index (χ1) is 33.2. The van der Waals surface area contributed by atoms with E-state index in [4.69, 9.17) is 27.1 Å². The molecule has 6 rings (SSSR count). The third-order valence-corrected chi connectivity index (χ3v) is 15.2. The molecule has 69 heavy (non-hydrogen) atoms. The second-order valence-electron chi connectivity index (χ2n) is 18.4. The molecule has 2 fully saturated rings. The van der Waals surface area contributed by atoms with E-state index in [1.807, 2.05) is 67.4 Å². The summed E-state index contributed by atoms with van der Waals surface area (Å²) in [6.07, 6.45) is 12.5. The van der Waals surface area contributed by atoms with Crippen LogP contribution in [0.15, 0.2) is 95.8 Å². The molecular weight excluding hydrogens is 908 g/mol. The summed E-state index contributed by atoms with van der Waals surface area (Å²) in [6, 6.07) is 18.0. The predicted octanol–water partition coefficient (Wildman–Crippen LogP) is 7.97. The van der Waals surface area contributed by atoms with Crippen LogP contribution in [-0.4, -0.2) is 103 Å². The molecule has 2 saturated heterocycles. The lowest BCUT2D eigenvalue weighted by Crippen LogP contribution is -2.49. The lowest BCUT2D eigenvalue weighted by Gasteiger charge is -2.45. The highest BCUT2D eigenvalue weighted by Gasteiger charge is 2.35. The van der Waals surface area contributed by atoms with Crippen LogP contribution in [0.4, 0.5) is 17.3 Å². The van der Waals surface area contributed by atoms with Crippen LogP contribution < -0.4 is 36.9 Å². The Labute approximate surface area is 415 Å². The van der Waals surface area contributed by atoms with E-state index in [1.165, 1.54) is 5.56 Å². The molecule has 5 N–H and O–H groups in total. The fraction of sp³-hybridized carbons (Fsp3) is 0.389. The number of nitrogens with zero attached hydrogens (tertiary/aromatic N) is 4. The first-order valence-corrected chi connectivity index (χ1v) is 24.9. The molecule has 0 radical (unpaired) electrons. The van der Waals surface area contributed by atoms with E-state index >= 15 is 0 Å². The van der Waals surface area contributed by atoms with E-state index in [1.54, 1.807) is 32.1 Å². The number of allylic oxidation sites excluding steroid dienone is 4. The molecule has 3 heterocycles. The lowest BCUT2D eigenvalue weighted by molar-refractivity contribution is -0.122. The smallest absolute Gasteiger partial charge is 0.242 e. The molecule has 0 spiro atoms. The number of aromatic amines is 1. The van der Waals surface area contributed by atoms with Gasteiger partial charge in [-0.3, -0.25) is 19.2 Å². The fourth-order valence-corrected chi connectivity index (χ4v) is 10.9. The molecule has 2 aliphatic rings. The largest absolute Gasteiger partial charge is 0.484 e. The molecule has 0 bridgehead atoms. The number of nitrogens with two attached hydrogens (primary N) is 1. The number of halogens is 1. The summed E-state index contributed by atoms with van der Waals surface area (Å²) in [7, 11) is 3.57. The maximum atomic E-state index is 13.0. The van der Waals surface area contributed by atoms with Gasteiger partial charge >= 0.3 is 0 Å². The molecule has 2 unspecified atom stereocenters. The number of carbonyl (C=O) groups excluding carboxylic acids is 4. The van der Waals surface area contributed by atoms with Crippen LogP contribution in [0.3, 0.4) is 0 Å². The average molecular weight is 976 g/mol. The number of anilines is 3. The second kappa shape index (κ2) is 24.0. The van der Waals surface area contributed by atoms with Gasteiger partial charge in [-0.15, -0.1) is 6.58 Å². The summed E-state index contributed by atoms with van der Waals surface area (Å²) in [6.45, 7) is 18.5. The van der Waals surface area contributed by atoms with Crippen LogP contribution >= 0.6 is 23.5 Å². The topological polar surface area (TPSA) is 166 Å². The normalized spacial score (nSPS) is 18.2. The van der Waals surface area contributed by atoms with Gasteiger partial charge in [-0.2, -0.15) is 0 Å². The van der Waals surface area contributed by atoms with Gasteiger partial charge in [-0.25, -0.2) is 9.29 Å². The minimum Gasteiger partial charge on any atom is -0.484 e. The summed E-state index contributed by atoms with van der Waals surface area (Å²) >= 11 is 8.49. The van der Waals surface area contributed by atoms with Crippen LogP contribution in [0.1, 0.15) is 93.6 Å². The highest BCUT2D eigenvalue weighted by Crippen LogP contribution is 2.40. The number of benzene rings is 3. The molecule has 2 aliphatic heterocycles. The Bertz CT molecular complexity index is 2740. The maximum absolute atomic E-state index is 13.0. The molecule has 0 saturated carbocycles. The number of ether oxygens (including phenoxy) is 1. The molecule has 2 atom stereocenters. The Hall–Kier alpha value is -6.09. The van der Waals surface area contributed by atoms with E-state index in [-0.39, 0.29) is 40.8 Å². The van der Waals surface area contributed by atoms with Gasteiger partial charge in [0.1, 0.15) is 24.7 Å². The number of imidazole rings is 1. The number of amides is 1. The van der Waals surface area contributed by atoms with Crippen molar-refractivity contribution in [1.82, 2.24) is 19.6 Å². The van der Waals surface area contributed by atoms with Gasteiger partial charge in [0.25, 0.3) is 0 Å². The van der Waals surface area contributed by atoms with Crippen molar-refractivity contribution in [2.24, 2.45) is 5.73 Å². The number of hydrogen-bond donors (Lipinski definition) is 4. The van der Waals surface area contributed by atoms with Gasteiger partial charge in [0.2, 0.25) is 11.9 Å². The first kappa shape index (κ1) is 52.3. The Morgan fingerprint density at radius 1 is 1.10 bits per heavy atom. The van der Waals surface area contributed by atoms with Gasteiger partial charge in [0.15, 0.2) is 12.6 Å². The predicted molar refractivity (Wildman–Crippen MR) is 285 cm³/mol. The number of rotatable bonds is 21. The molecule has 1 amide bonds. The van der Waals surface area contributed by atoms with Crippen molar-refractivity contribution in [3.05, 3.63) is 123 Å². The average Bonchev–Trinajstić information content (AvgIpc) is 3.77. The SMILES string of the molecule is C=CCCC(C(=O)NC)N(C)c1ccc(C2CCN(c3n/c(=C/C(=C)CSN4CCC(Nc5cccc(/C(C)=C(Cl)/C(OCC=O)=C(\C)C=O)c5)CC4(C)C)c(=CN)[nH]3)CC2)c2cccc(C=O)c12. The Kier molecular flexibility index (Phi) is 18.2. The first-order valence-electron chi connectivity index (χ1n) is 23.5. The van der Waals surface area contributed by atoms with E-state index < -0.39 is 6.04 Å². The molecule has 0 aliphatic carbocycles. The van der Waals surface area contributed by atoms with E-state index in [0.717, 1.165) is 107 Å². The summed E-state index contributed by atoms with van der Waals surface area (Å²) in [5, 5.41) is 10.2. The monoisotopic (exact) mass is 974 g/mol. The number of nitrogens with one attached hydrogen (secondary N) is 3. The van der Waals surface area contributed by atoms with Crippen molar-refractivity contribution in [2.75, 3.05) is 61.2 Å². The van der Waals surface area contributed by atoms with Crippen molar-refractivity contribution in [3.63, 3.8) is 0 Å². The van der Waals surface area contributed by atoms with Gasteiger partial charge in [0, 0.05) is 85.2 Å². The van der Waals surface area contributed by atoms with Crippen molar-refractivity contribution >= 4 is 94.3 Å². The third-order valence-electron chi connectivity index (χ3n) is 13.3. The highest BCUT2D eigenvalue weighted by atomic mass is 35.5. The minimum atomic E-state index is -0.416. The number of H-pyrrole nitrogens is 1. The van der Waals surface area contributed by atoms with Crippen LogP contribution in [-0.2, 0) is 19.1 Å². The summed E-state index contributed by atoms with van der Waals surface area (Å²) < 4.78 is 7.97. The van der Waals surface area contributed by atoms with Crippen molar-refractivity contribution in [2.45, 2.75) is 89.8 Å². The summed E-state index contributed by atoms with van der Waals surface area (Å²) in [5.41, 5.74) is 12.5. The van der Waals surface area contributed by atoms with Crippen LogP contribution in [0, 0.1) is 0 Å².